The minimum Gasteiger partial charge on any atom is -0.507 e. The smallest absolute Gasteiger partial charge is 0.409 e. The lowest BCUT2D eigenvalue weighted by molar-refractivity contribution is -0.197. The Balaban J connectivity index is 0.925. The maximum atomic E-state index is 14.4. The molecule has 23 nitrogen and oxygen atoms in total. The van der Waals surface area contributed by atoms with Gasteiger partial charge in [-0.15, -0.1) is 5.06 Å². The van der Waals surface area contributed by atoms with Gasteiger partial charge in [-0.1, -0.05) is 63.9 Å². The molecule has 0 unspecified atom stereocenters. The molecule has 4 heterocycles. The molecule has 3 saturated heterocycles. The number of carbonyl (C=O) groups excluding carboxylic acids is 8. The minimum absolute atomic E-state index is 0.000201. The Morgan fingerprint density at radius 1 is 1.05 bits per heavy atom. The van der Waals surface area contributed by atoms with Crippen molar-refractivity contribution in [2.24, 2.45) is 11.0 Å². The number of nitrogens with zero attached hydrogens (tertiary/aromatic N) is 4. The number of halogens is 1. The number of fused-ring (bicyclic) bond motifs is 6. The Kier molecular flexibility index (Phi) is 21.0. The fourth-order valence-electron chi connectivity index (χ4n) is 10.3. The summed E-state index contributed by atoms with van der Waals surface area (Å²) in [7, 11) is 8.70. The van der Waals surface area contributed by atoms with Crippen molar-refractivity contribution in [1.82, 2.24) is 20.7 Å². The molecular formula is C57H73ClN6O17S2. The number of hydroxylamine groups is 2. The number of methoxy groups -OCH3 is 2. The van der Waals surface area contributed by atoms with Crippen molar-refractivity contribution in [3.05, 3.63) is 69.8 Å². The number of anilines is 1. The van der Waals surface area contributed by atoms with Crippen molar-refractivity contribution in [2.45, 2.75) is 159 Å². The number of alkyl carbamates (subject to hydrolysis) is 1. The predicted octanol–water partition coefficient (Wildman–Crippen LogP) is 6.39. The van der Waals surface area contributed by atoms with E-state index in [2.05, 4.69) is 15.8 Å². The fourth-order valence-corrected chi connectivity index (χ4v) is 13.1. The first kappa shape index (κ1) is 64.2. The van der Waals surface area contributed by atoms with Gasteiger partial charge in [0.1, 0.15) is 52.2 Å². The summed E-state index contributed by atoms with van der Waals surface area (Å²) < 4.78 is 34.7. The van der Waals surface area contributed by atoms with Crippen LogP contribution >= 0.6 is 33.2 Å². The molecule has 4 N–H and O–H groups in total. The average Bonchev–Trinajstić information content (AvgIpc) is 4.08. The van der Waals surface area contributed by atoms with Crippen LogP contribution in [-0.4, -0.2) is 161 Å². The van der Waals surface area contributed by atoms with Gasteiger partial charge in [0.25, 0.3) is 11.8 Å². The topological polar surface area (TPSA) is 291 Å². The summed E-state index contributed by atoms with van der Waals surface area (Å²) in [5.41, 5.74) is 3.17. The van der Waals surface area contributed by atoms with Gasteiger partial charge in [-0.2, -0.15) is 5.10 Å². The average molecular weight is 1210 g/mol. The summed E-state index contributed by atoms with van der Waals surface area (Å²) in [6.07, 6.45) is 1.60. The van der Waals surface area contributed by atoms with Crippen LogP contribution in [0.1, 0.15) is 116 Å². The first-order valence-electron chi connectivity index (χ1n) is 27.2. The Hall–Kier alpha value is -6.38. The number of rotatable bonds is 19. The standard InChI is InChI=1S/C57H73ClN6O17S2/c1-31-13-11-14-42(76-10)57(74)29-41(78-54(73)59-57)32(2)52-56(6,80-52)43(28-48(70)63(8)38-24-34(23-31)25-40(75-9)51(38)58)79-53(72)33(3)62(7)45(67)20-22-82-83-55(4,5)30-44(66)61-60-37-17-16-35-26-36(27-39(65)50(35)37)77-21-12-15-49(71)81-64-46(68)18-19-47(64)69/h11,13-14,24-27,32-33,41-43,52,65,74H,12,15-23,28-30H2,1-10H3,(H,59,73)(H,61,66)/b14-11+,31-13+,60-37+/t32-,33+,41+,42-,43+,52+,56+,57+/m1/s1. The monoisotopic (exact) mass is 1210 g/mol. The minimum atomic E-state index is -1.88. The molecule has 3 fully saturated rings. The highest BCUT2D eigenvalue weighted by molar-refractivity contribution is 8.77. The fraction of sp³-hybridized carbons (Fsp3) is 0.561. The summed E-state index contributed by atoms with van der Waals surface area (Å²) in [6, 6.07) is 5.60. The van der Waals surface area contributed by atoms with Crippen molar-refractivity contribution in [1.29, 1.82) is 0 Å². The summed E-state index contributed by atoms with van der Waals surface area (Å²) in [5.74, 6) is -3.54. The number of aromatic hydroxyl groups is 1. The van der Waals surface area contributed by atoms with E-state index in [-0.39, 0.29) is 80.6 Å². The number of phenols is 1. The molecule has 26 heteroatoms. The number of esters is 1. The first-order valence-corrected chi connectivity index (χ1v) is 29.9. The van der Waals surface area contributed by atoms with Crippen LogP contribution in [0.4, 0.5) is 10.5 Å². The number of imide groups is 1. The Labute approximate surface area is 494 Å². The van der Waals surface area contributed by atoms with Gasteiger partial charge in [-0.3, -0.25) is 29.3 Å². The molecule has 2 aromatic rings. The molecule has 0 aromatic heterocycles. The number of nitrogens with one attached hydrogen (secondary N) is 2. The maximum absolute atomic E-state index is 14.4. The van der Waals surface area contributed by atoms with E-state index in [1.807, 2.05) is 26.8 Å². The van der Waals surface area contributed by atoms with Crippen molar-refractivity contribution in [2.75, 3.05) is 45.6 Å². The summed E-state index contributed by atoms with van der Waals surface area (Å²) in [4.78, 5) is 111. The van der Waals surface area contributed by atoms with Crippen molar-refractivity contribution >= 4 is 92.2 Å². The van der Waals surface area contributed by atoms with Crippen molar-refractivity contribution in [3.63, 3.8) is 0 Å². The molecule has 83 heavy (non-hydrogen) atoms. The SMILES string of the molecule is COc1cc2cc(c1Cl)N(C)C(=O)C[C@H](OC(=O)[C@H](C)N(C)C(=O)CCSSC(C)(C)CC(=O)N/N=C1\CCc3cc(OCCCC(=O)ON4C(=O)CCC4=O)cc(O)c31)[C@]1(C)O[C@H]1[C@H](C)[C@@H]1C[C@@](O)(NC(=O)O1)[C@H](OC)/C=C/C=C(\C)C2. The summed E-state index contributed by atoms with van der Waals surface area (Å²) in [6.45, 7) is 10.7. The summed E-state index contributed by atoms with van der Waals surface area (Å²) >= 11 is 6.83. The van der Waals surface area contributed by atoms with Gasteiger partial charge >= 0.3 is 18.0 Å². The molecule has 5 aliphatic rings. The molecule has 0 saturated carbocycles. The third kappa shape index (κ3) is 15.7. The Morgan fingerprint density at radius 2 is 1.77 bits per heavy atom. The number of hydrazone groups is 1. The lowest BCUT2D eigenvalue weighted by Gasteiger charge is -2.42. The highest BCUT2D eigenvalue weighted by Gasteiger charge is 2.64. The van der Waals surface area contributed by atoms with Crippen molar-refractivity contribution < 1.29 is 81.8 Å². The molecule has 1 aliphatic carbocycles. The second-order valence-corrected chi connectivity index (χ2v) is 25.6. The number of amides is 6. The van der Waals surface area contributed by atoms with Crippen LogP contribution in [-0.2, 0) is 70.2 Å². The second-order valence-electron chi connectivity index (χ2n) is 22.1. The van der Waals surface area contributed by atoms with Crippen LogP contribution in [0, 0.1) is 5.92 Å². The second kappa shape index (κ2) is 27.1. The number of ether oxygens (including phenoxy) is 6. The van der Waals surface area contributed by atoms with E-state index in [0.29, 0.717) is 58.5 Å². The molecule has 6 amide bonds. The highest BCUT2D eigenvalue weighted by atomic mass is 35.5. The van der Waals surface area contributed by atoms with E-state index in [4.69, 9.17) is 44.9 Å². The van der Waals surface area contributed by atoms with E-state index in [1.54, 1.807) is 51.2 Å². The Morgan fingerprint density at radius 3 is 2.47 bits per heavy atom. The molecule has 0 spiro atoms. The lowest BCUT2D eigenvalue weighted by Crippen LogP contribution is -2.63. The van der Waals surface area contributed by atoms with Crippen LogP contribution in [0.3, 0.4) is 0 Å². The number of carbonyl (C=O) groups is 8. The van der Waals surface area contributed by atoms with E-state index in [1.165, 1.54) is 65.6 Å². The maximum Gasteiger partial charge on any atom is 0.409 e. The zero-order valence-electron chi connectivity index (χ0n) is 48.2. The quantitative estimate of drug-likeness (QED) is 0.0296. The first-order chi connectivity index (χ1) is 39.2. The van der Waals surface area contributed by atoms with Crippen LogP contribution in [0.2, 0.25) is 5.02 Å². The van der Waals surface area contributed by atoms with Crippen LogP contribution in [0.25, 0.3) is 0 Å². The molecule has 2 aromatic carbocycles. The number of aliphatic hydroxyl groups is 1. The van der Waals surface area contributed by atoms with E-state index < -0.39 is 88.2 Å². The Bertz CT molecular complexity index is 2940. The molecule has 4 bridgehead atoms. The van der Waals surface area contributed by atoms with Gasteiger partial charge in [0.2, 0.25) is 17.7 Å². The molecule has 7 rings (SSSR count). The van der Waals surface area contributed by atoms with E-state index >= 15 is 0 Å². The summed E-state index contributed by atoms with van der Waals surface area (Å²) in [5, 5.41) is 30.3. The zero-order valence-corrected chi connectivity index (χ0v) is 50.6. The number of benzene rings is 2. The van der Waals surface area contributed by atoms with Crippen LogP contribution in [0.15, 0.2) is 53.2 Å². The number of likely N-dealkylation sites (N-methyl/N-ethyl adjacent to an activating group) is 1. The number of hydrogen-bond acceptors (Lipinski definition) is 20. The van der Waals surface area contributed by atoms with Crippen LogP contribution < -0.4 is 25.1 Å². The number of epoxide rings is 1. The predicted molar refractivity (Wildman–Crippen MR) is 307 cm³/mol. The third-order valence-electron chi connectivity index (χ3n) is 15.2. The van der Waals surface area contributed by atoms with Gasteiger partial charge in [-0.25, -0.2) is 19.8 Å². The van der Waals surface area contributed by atoms with E-state index in [9.17, 15) is 48.6 Å². The normalized spacial score (nSPS) is 26.4. The van der Waals surface area contributed by atoms with Crippen LogP contribution in [0.5, 0.6) is 17.2 Å². The number of phenolic OH excluding ortho intramolecular Hbond substituents is 1. The number of aryl methyl sites for hydroxylation is 1. The third-order valence-corrected chi connectivity index (χ3v) is 18.9. The van der Waals surface area contributed by atoms with Gasteiger partial charge in [0.15, 0.2) is 5.72 Å². The lowest BCUT2D eigenvalue weighted by atomic mass is 9.83. The molecular weight excluding hydrogens is 1140 g/mol. The number of hydrogen-bond donors (Lipinski definition) is 4. The van der Waals surface area contributed by atoms with Gasteiger partial charge in [0, 0.05) is 81.4 Å². The highest BCUT2D eigenvalue weighted by Crippen LogP contribution is 2.49. The van der Waals surface area contributed by atoms with Crippen molar-refractivity contribution in [3.8, 4) is 17.2 Å². The molecule has 0 radical (unpaired) electrons. The van der Waals surface area contributed by atoms with Gasteiger partial charge in [0.05, 0.1) is 44.1 Å². The molecule has 8 atom stereocenters. The number of allylic oxidation sites excluding steroid dienone is 3. The largest absolute Gasteiger partial charge is 0.507 e. The van der Waals surface area contributed by atoms with Gasteiger partial charge < -0.3 is 53.3 Å². The van der Waals surface area contributed by atoms with E-state index in [0.717, 1.165) is 16.7 Å². The molecule has 452 valence electrons. The molecule has 4 aliphatic heterocycles. The zero-order chi connectivity index (χ0) is 60.7. The van der Waals surface area contributed by atoms with Gasteiger partial charge in [-0.05, 0) is 89.6 Å².